The normalized spacial score (nSPS) is 9.64. The standard InChI is InChI=1S/C8H8NO2/c1-5-3-9-6(2)8(11)7(5)4-10/h3-4,11H,1H2,2H3. The minimum Gasteiger partial charge on any atom is -0.505 e. The highest BCUT2D eigenvalue weighted by molar-refractivity contribution is 5.82. The van der Waals surface area contributed by atoms with Crippen molar-refractivity contribution in [3.05, 3.63) is 29.9 Å². The maximum absolute atomic E-state index is 10.4. The average Bonchev–Trinajstić information content (AvgIpc) is 1.99. The summed E-state index contributed by atoms with van der Waals surface area (Å²) < 4.78 is 0. The number of nitrogens with zero attached hydrogens (tertiary/aromatic N) is 1. The van der Waals surface area contributed by atoms with Gasteiger partial charge in [-0.05, 0) is 19.4 Å². The van der Waals surface area contributed by atoms with Gasteiger partial charge < -0.3 is 5.11 Å². The molecule has 0 aromatic carbocycles. The second kappa shape index (κ2) is 2.70. The van der Waals surface area contributed by atoms with Gasteiger partial charge in [-0.2, -0.15) is 0 Å². The largest absolute Gasteiger partial charge is 0.505 e. The van der Waals surface area contributed by atoms with Gasteiger partial charge in [-0.1, -0.05) is 0 Å². The first-order valence-corrected chi connectivity index (χ1v) is 3.12. The van der Waals surface area contributed by atoms with Crippen LogP contribution in [0.3, 0.4) is 0 Å². The Balaban J connectivity index is 3.40. The van der Waals surface area contributed by atoms with E-state index in [1.54, 1.807) is 6.92 Å². The SMILES string of the molecule is [CH2]c1cnc(C)c(O)c1C=O. The second-order valence-electron chi connectivity index (χ2n) is 2.25. The van der Waals surface area contributed by atoms with Crippen molar-refractivity contribution in [2.75, 3.05) is 0 Å². The lowest BCUT2D eigenvalue weighted by atomic mass is 10.1. The third kappa shape index (κ3) is 1.22. The molecule has 0 bridgehead atoms. The summed E-state index contributed by atoms with van der Waals surface area (Å²) >= 11 is 0. The first-order chi connectivity index (χ1) is 5.16. The van der Waals surface area contributed by atoms with Gasteiger partial charge in [0.2, 0.25) is 0 Å². The van der Waals surface area contributed by atoms with Crippen LogP contribution in [0.25, 0.3) is 0 Å². The molecule has 1 radical (unpaired) electrons. The highest BCUT2D eigenvalue weighted by Crippen LogP contribution is 2.20. The quantitative estimate of drug-likeness (QED) is 0.609. The first-order valence-electron chi connectivity index (χ1n) is 3.12. The average molecular weight is 150 g/mol. The van der Waals surface area contributed by atoms with Crippen LogP contribution in [0.5, 0.6) is 5.75 Å². The third-order valence-corrected chi connectivity index (χ3v) is 1.48. The van der Waals surface area contributed by atoms with Gasteiger partial charge in [0.15, 0.2) is 6.29 Å². The summed E-state index contributed by atoms with van der Waals surface area (Å²) in [6.45, 7) is 5.17. The number of carbonyl (C=O) groups is 1. The molecule has 1 heterocycles. The molecule has 3 heteroatoms. The van der Waals surface area contributed by atoms with Gasteiger partial charge in [-0.3, -0.25) is 9.78 Å². The van der Waals surface area contributed by atoms with Crippen LogP contribution in [0.2, 0.25) is 0 Å². The van der Waals surface area contributed by atoms with E-state index in [9.17, 15) is 9.90 Å². The van der Waals surface area contributed by atoms with E-state index < -0.39 is 0 Å². The van der Waals surface area contributed by atoms with Crippen LogP contribution in [0.15, 0.2) is 6.20 Å². The lowest BCUT2D eigenvalue weighted by molar-refractivity contribution is 0.112. The lowest BCUT2D eigenvalue weighted by Gasteiger charge is -2.02. The predicted molar refractivity (Wildman–Crippen MR) is 40.5 cm³/mol. The van der Waals surface area contributed by atoms with Crippen LogP contribution in [0.1, 0.15) is 21.6 Å². The van der Waals surface area contributed by atoms with Crippen LogP contribution in [0, 0.1) is 13.8 Å². The molecular formula is C8H8NO2. The van der Waals surface area contributed by atoms with Crippen molar-refractivity contribution < 1.29 is 9.90 Å². The van der Waals surface area contributed by atoms with Crippen molar-refractivity contribution in [1.29, 1.82) is 0 Å². The molecule has 1 N–H and O–H groups in total. The number of hydrogen-bond acceptors (Lipinski definition) is 3. The Morgan fingerprint density at radius 2 is 2.36 bits per heavy atom. The highest BCUT2D eigenvalue weighted by Gasteiger charge is 2.06. The molecule has 0 atom stereocenters. The summed E-state index contributed by atoms with van der Waals surface area (Å²) in [6, 6.07) is 0. The number of aryl methyl sites for hydroxylation is 1. The van der Waals surface area contributed by atoms with Gasteiger partial charge in [0.25, 0.3) is 0 Å². The molecule has 57 valence electrons. The van der Waals surface area contributed by atoms with Crippen LogP contribution in [0.4, 0.5) is 0 Å². The summed E-state index contributed by atoms with van der Waals surface area (Å²) in [7, 11) is 0. The number of aromatic nitrogens is 1. The number of pyridine rings is 1. The minimum absolute atomic E-state index is 0.0764. The summed E-state index contributed by atoms with van der Waals surface area (Å²) in [5.41, 5.74) is 1.11. The number of aldehydes is 1. The zero-order valence-corrected chi connectivity index (χ0v) is 6.16. The Bertz CT molecular complexity index is 294. The lowest BCUT2D eigenvalue weighted by Crippen LogP contribution is -1.92. The van der Waals surface area contributed by atoms with E-state index in [2.05, 4.69) is 11.9 Å². The summed E-state index contributed by atoms with van der Waals surface area (Å²) in [5, 5.41) is 9.24. The molecule has 0 fully saturated rings. The molecule has 11 heavy (non-hydrogen) atoms. The maximum Gasteiger partial charge on any atom is 0.154 e. The molecule has 1 rings (SSSR count). The molecule has 1 aromatic rings. The Kier molecular flexibility index (Phi) is 1.89. The molecule has 0 unspecified atom stereocenters. The van der Waals surface area contributed by atoms with Crippen molar-refractivity contribution in [3.63, 3.8) is 0 Å². The number of aromatic hydroxyl groups is 1. The molecule has 0 spiro atoms. The molecule has 1 aromatic heterocycles. The summed E-state index contributed by atoms with van der Waals surface area (Å²) in [6.07, 6.45) is 2.03. The van der Waals surface area contributed by atoms with Gasteiger partial charge in [0.05, 0.1) is 11.3 Å². The zero-order chi connectivity index (χ0) is 8.43. The third-order valence-electron chi connectivity index (χ3n) is 1.48. The van der Waals surface area contributed by atoms with E-state index in [1.165, 1.54) is 6.20 Å². The molecule has 0 saturated carbocycles. The molecule has 0 aliphatic carbocycles. The number of rotatable bonds is 1. The van der Waals surface area contributed by atoms with Gasteiger partial charge >= 0.3 is 0 Å². The van der Waals surface area contributed by atoms with Gasteiger partial charge in [0.1, 0.15) is 5.75 Å². The van der Waals surface area contributed by atoms with E-state index in [-0.39, 0.29) is 11.3 Å². The Morgan fingerprint density at radius 3 is 2.82 bits per heavy atom. The Hall–Kier alpha value is -1.38. The van der Waals surface area contributed by atoms with E-state index in [4.69, 9.17) is 0 Å². The Labute approximate surface area is 64.7 Å². The zero-order valence-electron chi connectivity index (χ0n) is 6.16. The van der Waals surface area contributed by atoms with Gasteiger partial charge in [-0.15, -0.1) is 0 Å². The topological polar surface area (TPSA) is 50.2 Å². The van der Waals surface area contributed by atoms with Crippen LogP contribution in [-0.2, 0) is 0 Å². The highest BCUT2D eigenvalue weighted by atomic mass is 16.3. The van der Waals surface area contributed by atoms with Gasteiger partial charge in [0, 0.05) is 6.20 Å². The summed E-state index contributed by atoms with van der Waals surface area (Å²) in [4.78, 5) is 14.2. The predicted octanol–water partition coefficient (Wildman–Crippen LogP) is 1.09. The van der Waals surface area contributed by atoms with Crippen LogP contribution in [-0.4, -0.2) is 16.4 Å². The van der Waals surface area contributed by atoms with E-state index >= 15 is 0 Å². The smallest absolute Gasteiger partial charge is 0.154 e. The number of carbonyl (C=O) groups excluding carboxylic acids is 1. The van der Waals surface area contributed by atoms with Crippen molar-refractivity contribution in [3.8, 4) is 5.75 Å². The first kappa shape index (κ1) is 7.72. The van der Waals surface area contributed by atoms with Crippen molar-refractivity contribution in [2.24, 2.45) is 0 Å². The molecule has 3 nitrogen and oxygen atoms in total. The van der Waals surface area contributed by atoms with Crippen LogP contribution < -0.4 is 0 Å². The van der Waals surface area contributed by atoms with E-state index in [0.717, 1.165) is 0 Å². The minimum atomic E-state index is -0.0764. The van der Waals surface area contributed by atoms with E-state index in [0.29, 0.717) is 17.5 Å². The molecular weight excluding hydrogens is 142 g/mol. The Morgan fingerprint density at radius 1 is 1.73 bits per heavy atom. The molecule has 0 aliphatic heterocycles. The second-order valence-corrected chi connectivity index (χ2v) is 2.25. The number of hydrogen-bond donors (Lipinski definition) is 1. The van der Waals surface area contributed by atoms with Crippen molar-refractivity contribution in [2.45, 2.75) is 6.92 Å². The fourth-order valence-electron chi connectivity index (χ4n) is 0.784. The molecule has 0 saturated heterocycles. The fourth-order valence-corrected chi connectivity index (χ4v) is 0.784. The maximum atomic E-state index is 10.4. The van der Waals surface area contributed by atoms with E-state index in [1.807, 2.05) is 0 Å². The molecule has 0 amide bonds. The van der Waals surface area contributed by atoms with Crippen LogP contribution >= 0.6 is 0 Å². The summed E-state index contributed by atoms with van der Waals surface area (Å²) in [5.74, 6) is -0.0764. The molecule has 0 aliphatic rings. The monoisotopic (exact) mass is 150 g/mol. The van der Waals surface area contributed by atoms with Gasteiger partial charge in [-0.25, -0.2) is 0 Å². The van der Waals surface area contributed by atoms with Crippen molar-refractivity contribution in [1.82, 2.24) is 4.98 Å². The fraction of sp³-hybridized carbons (Fsp3) is 0.125. The van der Waals surface area contributed by atoms with Crippen molar-refractivity contribution >= 4 is 6.29 Å².